The van der Waals surface area contributed by atoms with E-state index in [1.807, 2.05) is 0 Å². The van der Waals surface area contributed by atoms with E-state index in [0.29, 0.717) is 5.03 Å². The Kier molecular flexibility index (Phi) is 3.87. The maximum atomic E-state index is 10.9. The molecule has 0 radical (unpaired) electrons. The van der Waals surface area contributed by atoms with Crippen LogP contribution in [0.2, 0.25) is 0 Å². The highest BCUT2D eigenvalue weighted by atomic mass is 35.5. The molecule has 0 saturated heterocycles. The normalized spacial score (nSPS) is 21.9. The van der Waals surface area contributed by atoms with Gasteiger partial charge in [-0.15, -0.1) is 11.6 Å². The third-order valence-electron chi connectivity index (χ3n) is 2.32. The highest BCUT2D eigenvalue weighted by Crippen LogP contribution is 2.31. The van der Waals surface area contributed by atoms with Gasteiger partial charge in [0.25, 0.3) is 5.88 Å². The molecule has 2 atom stereocenters. The molecule has 0 aliphatic heterocycles. The third kappa shape index (κ3) is 2.94. The lowest BCUT2D eigenvalue weighted by atomic mass is 10.1. The number of halogens is 2. The van der Waals surface area contributed by atoms with Gasteiger partial charge in [0.2, 0.25) is 5.82 Å². The van der Waals surface area contributed by atoms with Crippen molar-refractivity contribution in [3.63, 3.8) is 0 Å². The Hall–Kier alpha value is -1.86. The number of hydrogen-bond donors (Lipinski definition) is 1. The number of ether oxygens (including phenoxy) is 1. The first-order valence-corrected chi connectivity index (χ1v) is 5.91. The standard InChI is InChI=1S/C10H8Cl2N4O3/c11-5-1-2-7(6(12)3-5)19-10-8(16(17)18)9(13)14-4-15-10/h1-4,6-7H,(H2,13,14,15)/t6-,7+/m0/s1. The lowest BCUT2D eigenvalue weighted by molar-refractivity contribution is -0.385. The number of nitrogen functional groups attached to an aromatic ring is 1. The lowest BCUT2D eigenvalue weighted by Crippen LogP contribution is -2.27. The van der Waals surface area contributed by atoms with E-state index in [9.17, 15) is 10.1 Å². The van der Waals surface area contributed by atoms with Crippen LogP contribution in [-0.4, -0.2) is 26.4 Å². The molecule has 19 heavy (non-hydrogen) atoms. The van der Waals surface area contributed by atoms with Crippen molar-refractivity contribution in [2.75, 3.05) is 5.73 Å². The van der Waals surface area contributed by atoms with E-state index in [-0.39, 0.29) is 11.7 Å². The summed E-state index contributed by atoms with van der Waals surface area (Å²) in [6.45, 7) is 0. The van der Waals surface area contributed by atoms with Gasteiger partial charge in [-0.2, -0.15) is 4.98 Å². The Labute approximate surface area is 117 Å². The van der Waals surface area contributed by atoms with Crippen LogP contribution in [0.25, 0.3) is 0 Å². The second kappa shape index (κ2) is 5.41. The summed E-state index contributed by atoms with van der Waals surface area (Å²) in [5, 5.41) is 10.8. The first-order chi connectivity index (χ1) is 8.99. The zero-order valence-corrected chi connectivity index (χ0v) is 10.9. The highest BCUT2D eigenvalue weighted by molar-refractivity contribution is 6.32. The van der Waals surface area contributed by atoms with Gasteiger partial charge in [-0.3, -0.25) is 10.1 Å². The van der Waals surface area contributed by atoms with Crippen LogP contribution in [0.1, 0.15) is 0 Å². The number of aromatic nitrogens is 2. The van der Waals surface area contributed by atoms with Gasteiger partial charge in [0, 0.05) is 5.03 Å². The molecule has 2 rings (SSSR count). The average molecular weight is 303 g/mol. The second-order valence-corrected chi connectivity index (χ2v) is 4.55. The van der Waals surface area contributed by atoms with Crippen molar-refractivity contribution in [2.24, 2.45) is 0 Å². The Bertz CT molecular complexity index is 576. The fraction of sp³-hybridized carbons (Fsp3) is 0.200. The fourth-order valence-electron chi connectivity index (χ4n) is 1.46. The minimum Gasteiger partial charge on any atom is -0.463 e. The Morgan fingerprint density at radius 3 is 2.84 bits per heavy atom. The van der Waals surface area contributed by atoms with E-state index in [1.165, 1.54) is 0 Å². The Morgan fingerprint density at radius 2 is 2.21 bits per heavy atom. The fourth-order valence-corrected chi connectivity index (χ4v) is 2.01. The molecule has 0 aromatic carbocycles. The van der Waals surface area contributed by atoms with Crippen LogP contribution in [0.5, 0.6) is 5.88 Å². The average Bonchev–Trinajstić information content (AvgIpc) is 2.32. The quantitative estimate of drug-likeness (QED) is 0.520. The smallest absolute Gasteiger partial charge is 0.372 e. The van der Waals surface area contributed by atoms with Gasteiger partial charge in [-0.1, -0.05) is 11.6 Å². The van der Waals surface area contributed by atoms with Gasteiger partial charge in [0.05, 0.1) is 10.3 Å². The molecule has 7 nitrogen and oxygen atoms in total. The number of hydrogen-bond acceptors (Lipinski definition) is 6. The van der Waals surface area contributed by atoms with Gasteiger partial charge >= 0.3 is 5.69 Å². The van der Waals surface area contributed by atoms with Crippen LogP contribution in [0.15, 0.2) is 29.6 Å². The minimum absolute atomic E-state index is 0.232. The first kappa shape index (κ1) is 13.6. The summed E-state index contributed by atoms with van der Waals surface area (Å²) in [4.78, 5) is 17.4. The van der Waals surface area contributed by atoms with E-state index in [2.05, 4.69) is 9.97 Å². The molecule has 0 bridgehead atoms. The van der Waals surface area contributed by atoms with Crippen molar-refractivity contribution in [3.05, 3.63) is 39.7 Å². The molecule has 100 valence electrons. The molecule has 9 heteroatoms. The minimum atomic E-state index is -0.705. The number of allylic oxidation sites excluding steroid dienone is 2. The molecule has 2 N–H and O–H groups in total. The molecule has 0 fully saturated rings. The number of rotatable bonds is 3. The molecule has 1 aliphatic carbocycles. The summed E-state index contributed by atoms with van der Waals surface area (Å²) < 4.78 is 5.39. The van der Waals surface area contributed by atoms with Gasteiger partial charge in [-0.05, 0) is 18.2 Å². The number of nitrogens with two attached hydrogens (primary N) is 1. The summed E-state index contributed by atoms with van der Waals surface area (Å²) in [7, 11) is 0. The van der Waals surface area contributed by atoms with E-state index in [0.717, 1.165) is 6.33 Å². The maximum absolute atomic E-state index is 10.9. The highest BCUT2D eigenvalue weighted by Gasteiger charge is 2.27. The first-order valence-electron chi connectivity index (χ1n) is 5.10. The molecule has 1 heterocycles. The van der Waals surface area contributed by atoms with Crippen LogP contribution < -0.4 is 10.5 Å². The molecule has 0 unspecified atom stereocenters. The van der Waals surface area contributed by atoms with Crippen LogP contribution >= 0.6 is 23.2 Å². The van der Waals surface area contributed by atoms with E-state index >= 15 is 0 Å². The zero-order valence-electron chi connectivity index (χ0n) is 9.36. The number of anilines is 1. The zero-order chi connectivity index (χ0) is 14.0. The topological polar surface area (TPSA) is 104 Å². The van der Waals surface area contributed by atoms with Gasteiger partial charge in [-0.25, -0.2) is 4.98 Å². The van der Waals surface area contributed by atoms with E-state index in [4.69, 9.17) is 33.7 Å². The van der Waals surface area contributed by atoms with Crippen molar-refractivity contribution in [3.8, 4) is 5.88 Å². The van der Waals surface area contributed by atoms with Crippen molar-refractivity contribution >= 4 is 34.7 Å². The lowest BCUT2D eigenvalue weighted by Gasteiger charge is -2.20. The van der Waals surface area contributed by atoms with Crippen molar-refractivity contribution in [1.29, 1.82) is 0 Å². The molecule has 1 aromatic heterocycles. The summed E-state index contributed by atoms with van der Waals surface area (Å²) in [6, 6.07) is 0. The third-order valence-corrected chi connectivity index (χ3v) is 2.95. The predicted molar refractivity (Wildman–Crippen MR) is 70.2 cm³/mol. The summed E-state index contributed by atoms with van der Waals surface area (Å²) in [6.07, 6.45) is 5.18. The largest absolute Gasteiger partial charge is 0.463 e. The van der Waals surface area contributed by atoms with Crippen LogP contribution in [0.3, 0.4) is 0 Å². The number of nitrogens with zero attached hydrogens (tertiary/aromatic N) is 3. The summed E-state index contributed by atoms with van der Waals surface area (Å²) >= 11 is 11.8. The van der Waals surface area contributed by atoms with Crippen molar-refractivity contribution < 1.29 is 9.66 Å². The van der Waals surface area contributed by atoms with Crippen molar-refractivity contribution in [1.82, 2.24) is 9.97 Å². The molecular formula is C10H8Cl2N4O3. The molecule has 0 spiro atoms. The van der Waals surface area contributed by atoms with Gasteiger partial charge in [0.15, 0.2) is 0 Å². The van der Waals surface area contributed by atoms with E-state index in [1.54, 1.807) is 18.2 Å². The molecular weight excluding hydrogens is 295 g/mol. The SMILES string of the molecule is Nc1ncnc(O[C@@H]2C=CC(Cl)=C[C@@H]2Cl)c1[N+](=O)[O-]. The molecule has 1 aromatic rings. The Morgan fingerprint density at radius 1 is 1.47 bits per heavy atom. The monoisotopic (exact) mass is 302 g/mol. The van der Waals surface area contributed by atoms with E-state index < -0.39 is 22.1 Å². The van der Waals surface area contributed by atoms with Crippen LogP contribution in [0.4, 0.5) is 11.5 Å². The Balaban J connectivity index is 2.28. The van der Waals surface area contributed by atoms with Crippen molar-refractivity contribution in [2.45, 2.75) is 11.5 Å². The predicted octanol–water partition coefficient (Wildman–Crippen LogP) is 2.01. The second-order valence-electron chi connectivity index (χ2n) is 3.61. The molecule has 0 amide bonds. The summed E-state index contributed by atoms with van der Waals surface area (Å²) in [5.74, 6) is -0.501. The maximum Gasteiger partial charge on any atom is 0.372 e. The summed E-state index contributed by atoms with van der Waals surface area (Å²) in [5.41, 5.74) is 4.94. The van der Waals surface area contributed by atoms with Crippen LogP contribution in [-0.2, 0) is 0 Å². The van der Waals surface area contributed by atoms with Gasteiger partial charge in [0.1, 0.15) is 12.4 Å². The van der Waals surface area contributed by atoms with Gasteiger partial charge < -0.3 is 10.5 Å². The molecule has 1 aliphatic rings. The number of nitro groups is 1. The number of alkyl halides is 1. The van der Waals surface area contributed by atoms with Crippen LogP contribution in [0, 0.1) is 10.1 Å². The molecule has 0 saturated carbocycles.